The van der Waals surface area contributed by atoms with E-state index < -0.39 is 0 Å². The van der Waals surface area contributed by atoms with Crippen molar-refractivity contribution in [2.45, 2.75) is 12.8 Å². The van der Waals surface area contributed by atoms with Crippen LogP contribution in [0.25, 0.3) is 0 Å². The van der Waals surface area contributed by atoms with Gasteiger partial charge in [-0.3, -0.25) is 9.78 Å². The second-order valence-corrected chi connectivity index (χ2v) is 7.27. The molecule has 4 rings (SSSR count). The van der Waals surface area contributed by atoms with Crippen LogP contribution in [0, 0.1) is 0 Å². The number of carbonyl (C=O) groups is 1. The molecule has 0 N–H and O–H groups in total. The minimum absolute atomic E-state index is 0.123. The average Bonchev–Trinajstić information content (AvgIpc) is 3.16. The highest BCUT2D eigenvalue weighted by Gasteiger charge is 2.23. The predicted octanol–water partition coefficient (Wildman–Crippen LogP) is 1.81. The molecule has 3 aromatic rings. The van der Waals surface area contributed by atoms with E-state index in [2.05, 4.69) is 24.8 Å². The summed E-state index contributed by atoms with van der Waals surface area (Å²) in [5, 5.41) is 2.96. The maximum atomic E-state index is 12.6. The van der Waals surface area contributed by atoms with E-state index in [4.69, 9.17) is 0 Å². The van der Waals surface area contributed by atoms with Gasteiger partial charge in [-0.05, 0) is 18.2 Å². The number of nitrogens with zero attached hydrogens (tertiary/aromatic N) is 6. The van der Waals surface area contributed by atoms with Crippen LogP contribution in [0.3, 0.4) is 0 Å². The third kappa shape index (κ3) is 4.46. The average molecular weight is 380 g/mol. The summed E-state index contributed by atoms with van der Waals surface area (Å²) in [6.07, 6.45) is 6.32. The fourth-order valence-corrected chi connectivity index (χ4v) is 3.86. The molecule has 3 aromatic heterocycles. The number of rotatable bonds is 5. The van der Waals surface area contributed by atoms with Gasteiger partial charge in [0.25, 0.3) is 0 Å². The van der Waals surface area contributed by atoms with E-state index in [0.717, 1.165) is 35.4 Å². The second-order valence-electron chi connectivity index (χ2n) is 6.32. The Hall–Kier alpha value is -2.87. The van der Waals surface area contributed by atoms with Crippen molar-refractivity contribution in [2.24, 2.45) is 0 Å². The van der Waals surface area contributed by atoms with E-state index >= 15 is 0 Å². The van der Waals surface area contributed by atoms with Gasteiger partial charge < -0.3 is 9.80 Å². The Morgan fingerprint density at radius 2 is 1.74 bits per heavy atom. The zero-order valence-corrected chi connectivity index (χ0v) is 15.7. The Morgan fingerprint density at radius 3 is 2.48 bits per heavy atom. The van der Waals surface area contributed by atoms with Gasteiger partial charge >= 0.3 is 0 Å². The maximum Gasteiger partial charge on any atom is 0.228 e. The Morgan fingerprint density at radius 1 is 0.963 bits per heavy atom. The zero-order chi connectivity index (χ0) is 18.5. The molecule has 8 heteroatoms. The normalized spacial score (nSPS) is 14.4. The molecular formula is C19H20N6OS. The molecule has 4 heterocycles. The summed E-state index contributed by atoms with van der Waals surface area (Å²) >= 11 is 1.58. The van der Waals surface area contributed by atoms with Crippen LogP contribution in [-0.2, 0) is 17.6 Å². The number of anilines is 1. The van der Waals surface area contributed by atoms with Crippen molar-refractivity contribution < 1.29 is 4.79 Å². The summed E-state index contributed by atoms with van der Waals surface area (Å²) in [4.78, 5) is 34.1. The summed E-state index contributed by atoms with van der Waals surface area (Å²) in [6, 6.07) is 7.67. The molecule has 0 radical (unpaired) electrons. The van der Waals surface area contributed by atoms with Crippen LogP contribution in [0.15, 0.2) is 48.2 Å². The second kappa shape index (κ2) is 8.22. The first-order valence-corrected chi connectivity index (χ1v) is 9.79. The van der Waals surface area contributed by atoms with Crippen LogP contribution >= 0.6 is 11.3 Å². The molecule has 1 aliphatic rings. The lowest BCUT2D eigenvalue weighted by atomic mass is 10.2. The number of amides is 1. The molecule has 0 bridgehead atoms. The highest BCUT2D eigenvalue weighted by Crippen LogP contribution is 2.16. The van der Waals surface area contributed by atoms with Gasteiger partial charge in [0.1, 0.15) is 0 Å². The lowest BCUT2D eigenvalue weighted by molar-refractivity contribution is -0.130. The minimum Gasteiger partial charge on any atom is -0.339 e. The molecule has 0 unspecified atom stereocenters. The molecule has 0 spiro atoms. The van der Waals surface area contributed by atoms with Crippen molar-refractivity contribution in [3.05, 3.63) is 64.6 Å². The Bertz CT molecular complexity index is 877. The number of pyridine rings is 1. The SMILES string of the molecule is O=C(Cc1csc(Cc2ccccn2)n1)N1CCN(c2ncccn2)CC1. The van der Waals surface area contributed by atoms with Gasteiger partial charge in [0.2, 0.25) is 11.9 Å². The standard InChI is InChI=1S/C19H20N6OS/c26-18(24-8-10-25(11-9-24)19-21-6-3-7-22-19)13-16-14-27-17(23-16)12-15-4-1-2-5-20-15/h1-7,14H,8-13H2. The highest BCUT2D eigenvalue weighted by atomic mass is 32.1. The monoisotopic (exact) mass is 380 g/mol. The molecule has 27 heavy (non-hydrogen) atoms. The Balaban J connectivity index is 1.30. The number of thiazole rings is 1. The van der Waals surface area contributed by atoms with Gasteiger partial charge in [-0.25, -0.2) is 15.0 Å². The van der Waals surface area contributed by atoms with Crippen LogP contribution in [0.2, 0.25) is 0 Å². The van der Waals surface area contributed by atoms with Crippen molar-refractivity contribution in [3.63, 3.8) is 0 Å². The number of carbonyl (C=O) groups excluding carboxylic acids is 1. The van der Waals surface area contributed by atoms with Crippen LogP contribution < -0.4 is 4.90 Å². The van der Waals surface area contributed by atoms with Crippen LogP contribution in [-0.4, -0.2) is 56.9 Å². The third-order valence-electron chi connectivity index (χ3n) is 4.46. The lowest BCUT2D eigenvalue weighted by Gasteiger charge is -2.34. The summed E-state index contributed by atoms with van der Waals surface area (Å²) in [5.41, 5.74) is 1.83. The first-order chi connectivity index (χ1) is 13.3. The quantitative estimate of drug-likeness (QED) is 0.672. The van der Waals surface area contributed by atoms with Crippen LogP contribution in [0.1, 0.15) is 16.4 Å². The molecule has 7 nitrogen and oxygen atoms in total. The molecule has 1 aliphatic heterocycles. The molecule has 1 saturated heterocycles. The Kier molecular flexibility index (Phi) is 5.34. The first-order valence-electron chi connectivity index (χ1n) is 8.91. The van der Waals surface area contributed by atoms with Crippen molar-refractivity contribution in [1.29, 1.82) is 0 Å². The summed E-state index contributed by atoms with van der Waals surface area (Å²) in [7, 11) is 0. The minimum atomic E-state index is 0.123. The summed E-state index contributed by atoms with van der Waals surface area (Å²) in [5.74, 6) is 0.849. The molecular weight excluding hydrogens is 360 g/mol. The molecule has 1 fully saturated rings. The van der Waals surface area contributed by atoms with Crippen molar-refractivity contribution >= 4 is 23.2 Å². The zero-order valence-electron chi connectivity index (χ0n) is 14.9. The van der Waals surface area contributed by atoms with E-state index in [9.17, 15) is 4.79 Å². The van der Waals surface area contributed by atoms with E-state index in [-0.39, 0.29) is 5.91 Å². The highest BCUT2D eigenvalue weighted by molar-refractivity contribution is 7.09. The van der Waals surface area contributed by atoms with Gasteiger partial charge in [0, 0.05) is 62.3 Å². The van der Waals surface area contributed by atoms with E-state index in [1.165, 1.54) is 0 Å². The summed E-state index contributed by atoms with van der Waals surface area (Å²) < 4.78 is 0. The first kappa shape index (κ1) is 17.5. The topological polar surface area (TPSA) is 75.1 Å². The van der Waals surface area contributed by atoms with Crippen molar-refractivity contribution in [2.75, 3.05) is 31.1 Å². The smallest absolute Gasteiger partial charge is 0.228 e. The number of hydrogen-bond acceptors (Lipinski definition) is 7. The predicted molar refractivity (Wildman–Crippen MR) is 104 cm³/mol. The molecule has 138 valence electrons. The third-order valence-corrected chi connectivity index (χ3v) is 5.36. The van der Waals surface area contributed by atoms with Crippen molar-refractivity contribution in [3.8, 4) is 0 Å². The van der Waals surface area contributed by atoms with Crippen LogP contribution in [0.5, 0.6) is 0 Å². The molecule has 0 aromatic carbocycles. The van der Waals surface area contributed by atoms with E-state index in [1.807, 2.05) is 28.5 Å². The van der Waals surface area contributed by atoms with E-state index in [1.54, 1.807) is 36.0 Å². The lowest BCUT2D eigenvalue weighted by Crippen LogP contribution is -2.49. The molecule has 0 saturated carbocycles. The van der Waals surface area contributed by atoms with Gasteiger partial charge in [0.15, 0.2) is 0 Å². The number of piperazine rings is 1. The summed E-state index contributed by atoms with van der Waals surface area (Å²) in [6.45, 7) is 2.86. The van der Waals surface area contributed by atoms with Gasteiger partial charge in [-0.2, -0.15) is 0 Å². The molecule has 1 amide bonds. The molecule has 0 aliphatic carbocycles. The fourth-order valence-electron chi connectivity index (χ4n) is 3.05. The van der Waals surface area contributed by atoms with Crippen molar-refractivity contribution in [1.82, 2.24) is 24.8 Å². The fraction of sp³-hybridized carbons (Fsp3) is 0.316. The Labute approximate surface area is 161 Å². The van der Waals surface area contributed by atoms with Gasteiger partial charge in [-0.1, -0.05) is 6.07 Å². The van der Waals surface area contributed by atoms with E-state index in [0.29, 0.717) is 25.9 Å². The largest absolute Gasteiger partial charge is 0.339 e. The van der Waals surface area contributed by atoms with Gasteiger partial charge in [-0.15, -0.1) is 11.3 Å². The molecule has 0 atom stereocenters. The number of aromatic nitrogens is 4. The van der Waals surface area contributed by atoms with Crippen LogP contribution in [0.4, 0.5) is 5.95 Å². The number of hydrogen-bond donors (Lipinski definition) is 0. The maximum absolute atomic E-state index is 12.6. The van der Waals surface area contributed by atoms with Gasteiger partial charge in [0.05, 0.1) is 17.1 Å².